The summed E-state index contributed by atoms with van der Waals surface area (Å²) in [5.41, 5.74) is 4.31. The van der Waals surface area contributed by atoms with E-state index in [4.69, 9.17) is 11.6 Å². The van der Waals surface area contributed by atoms with Crippen molar-refractivity contribution < 1.29 is 14.7 Å². The maximum Gasteiger partial charge on any atom is 0.337 e. The molecule has 8 heteroatoms. The third kappa shape index (κ3) is 4.28. The van der Waals surface area contributed by atoms with E-state index in [0.717, 1.165) is 28.3 Å². The van der Waals surface area contributed by atoms with Gasteiger partial charge in [0.2, 0.25) is 0 Å². The lowest BCUT2D eigenvalue weighted by atomic mass is 10.2. The quantitative estimate of drug-likeness (QED) is 0.524. The number of carboxylic acid groups (broad SMARTS) is 1. The summed E-state index contributed by atoms with van der Waals surface area (Å²) in [4.78, 5) is 28.7. The molecule has 6 nitrogen and oxygen atoms in total. The van der Waals surface area contributed by atoms with Crippen LogP contribution >= 0.6 is 23.4 Å². The molecule has 1 aliphatic heterocycles. The van der Waals surface area contributed by atoms with E-state index in [1.165, 1.54) is 17.8 Å². The first-order valence-corrected chi connectivity index (χ1v) is 10.6. The average molecular weight is 452 g/mol. The van der Waals surface area contributed by atoms with Crippen LogP contribution in [0.5, 0.6) is 0 Å². The van der Waals surface area contributed by atoms with Crippen molar-refractivity contribution in [3.8, 4) is 5.69 Å². The van der Waals surface area contributed by atoms with E-state index in [0.29, 0.717) is 10.1 Å². The van der Waals surface area contributed by atoms with Crippen LogP contribution in [0.1, 0.15) is 27.3 Å². The van der Waals surface area contributed by atoms with Gasteiger partial charge in [0, 0.05) is 17.1 Å². The lowest BCUT2D eigenvalue weighted by Crippen LogP contribution is -2.19. The highest BCUT2D eigenvalue weighted by Crippen LogP contribution is 2.31. The zero-order valence-electron chi connectivity index (χ0n) is 16.7. The number of para-hydroxylation sites is 1. The monoisotopic (exact) mass is 451 g/mol. The number of thioether (sulfide) groups is 1. The van der Waals surface area contributed by atoms with Crippen molar-refractivity contribution in [2.45, 2.75) is 13.8 Å². The molecule has 0 saturated carbocycles. The molecule has 0 radical (unpaired) electrons. The highest BCUT2D eigenvalue weighted by atomic mass is 35.5. The Bertz CT molecular complexity index is 1260. The van der Waals surface area contributed by atoms with Crippen LogP contribution in [0.15, 0.2) is 64.5 Å². The minimum Gasteiger partial charge on any atom is -0.478 e. The first-order valence-electron chi connectivity index (χ1n) is 9.40. The number of nitrogens with one attached hydrogen (secondary N) is 1. The lowest BCUT2D eigenvalue weighted by Gasteiger charge is -2.11. The number of aromatic nitrogens is 1. The Kier molecular flexibility index (Phi) is 5.71. The van der Waals surface area contributed by atoms with E-state index in [2.05, 4.69) is 10.3 Å². The number of aryl methyl sites for hydroxylation is 1. The molecule has 0 unspecified atom stereocenters. The van der Waals surface area contributed by atoms with Crippen molar-refractivity contribution in [2.24, 2.45) is 4.99 Å². The Hall–Kier alpha value is -3.29. The van der Waals surface area contributed by atoms with Crippen molar-refractivity contribution in [1.82, 2.24) is 9.88 Å². The molecule has 31 heavy (non-hydrogen) atoms. The summed E-state index contributed by atoms with van der Waals surface area (Å²) in [5, 5.41) is 12.7. The number of rotatable bonds is 4. The molecule has 3 aromatic rings. The number of amides is 1. The van der Waals surface area contributed by atoms with Crippen molar-refractivity contribution in [1.29, 1.82) is 0 Å². The lowest BCUT2D eigenvalue weighted by molar-refractivity contribution is -0.115. The normalized spacial score (nSPS) is 16.2. The van der Waals surface area contributed by atoms with Crippen molar-refractivity contribution >= 4 is 52.2 Å². The van der Waals surface area contributed by atoms with Gasteiger partial charge in [-0.1, -0.05) is 29.8 Å². The number of halogens is 1. The Morgan fingerprint density at radius 2 is 1.90 bits per heavy atom. The van der Waals surface area contributed by atoms with Crippen LogP contribution in [0.4, 0.5) is 5.69 Å². The predicted octanol–water partition coefficient (Wildman–Crippen LogP) is 5.34. The van der Waals surface area contributed by atoms with Gasteiger partial charge in [0.05, 0.1) is 21.2 Å². The predicted molar refractivity (Wildman–Crippen MR) is 124 cm³/mol. The first-order chi connectivity index (χ1) is 14.8. The van der Waals surface area contributed by atoms with Crippen LogP contribution in [0.3, 0.4) is 0 Å². The molecule has 1 aliphatic rings. The number of nitrogens with zero attached hydrogens (tertiary/aromatic N) is 2. The van der Waals surface area contributed by atoms with E-state index >= 15 is 0 Å². The second-order valence-corrected chi connectivity index (χ2v) is 8.39. The summed E-state index contributed by atoms with van der Waals surface area (Å²) in [6.45, 7) is 3.88. The third-order valence-corrected chi connectivity index (χ3v) is 6.06. The molecule has 0 bridgehead atoms. The number of amidine groups is 1. The first kappa shape index (κ1) is 21.0. The van der Waals surface area contributed by atoms with Crippen LogP contribution < -0.4 is 5.32 Å². The van der Waals surface area contributed by atoms with Crippen LogP contribution in [0.2, 0.25) is 5.02 Å². The topological polar surface area (TPSA) is 83.7 Å². The molecular formula is C23H18ClN3O3S. The van der Waals surface area contributed by atoms with Gasteiger partial charge in [-0.05, 0) is 73.6 Å². The second kappa shape index (κ2) is 8.45. The van der Waals surface area contributed by atoms with Crippen molar-refractivity contribution in [3.05, 3.63) is 87.0 Å². The highest BCUT2D eigenvalue weighted by Gasteiger charge is 2.24. The Labute approximate surface area is 188 Å². The zero-order chi connectivity index (χ0) is 22.1. The fourth-order valence-electron chi connectivity index (χ4n) is 3.39. The molecule has 2 heterocycles. The minimum absolute atomic E-state index is 0.0551. The molecular weight excluding hydrogens is 434 g/mol. The summed E-state index contributed by atoms with van der Waals surface area (Å²) in [5.74, 6) is -1.27. The summed E-state index contributed by atoms with van der Waals surface area (Å²) in [6.07, 6.45) is 1.83. The Balaban J connectivity index is 1.66. The van der Waals surface area contributed by atoms with Crippen molar-refractivity contribution in [2.75, 3.05) is 0 Å². The molecule has 1 amide bonds. The summed E-state index contributed by atoms with van der Waals surface area (Å²) >= 11 is 7.44. The van der Waals surface area contributed by atoms with Gasteiger partial charge in [-0.3, -0.25) is 4.79 Å². The fourth-order valence-corrected chi connectivity index (χ4v) is 4.48. The number of carboxylic acids is 1. The number of hydrogen-bond acceptors (Lipinski definition) is 4. The number of carbonyl (C=O) groups excluding carboxylic acids is 1. The van der Waals surface area contributed by atoms with Gasteiger partial charge in [0.25, 0.3) is 5.91 Å². The molecule has 0 aliphatic carbocycles. The molecule has 156 valence electrons. The van der Waals surface area contributed by atoms with Gasteiger partial charge >= 0.3 is 5.97 Å². The van der Waals surface area contributed by atoms with E-state index in [9.17, 15) is 14.7 Å². The number of aromatic carboxylic acids is 1. The van der Waals surface area contributed by atoms with E-state index in [1.807, 2.05) is 60.9 Å². The van der Waals surface area contributed by atoms with Crippen molar-refractivity contribution in [3.63, 3.8) is 0 Å². The van der Waals surface area contributed by atoms with E-state index < -0.39 is 5.97 Å². The number of aliphatic imine (C=N–C) groups is 1. The molecule has 2 aromatic carbocycles. The third-order valence-electron chi connectivity index (χ3n) is 4.84. The van der Waals surface area contributed by atoms with Crippen LogP contribution in [0, 0.1) is 13.8 Å². The molecule has 4 rings (SSSR count). The maximum absolute atomic E-state index is 12.4. The standard InChI is InChI=1S/C23H18ClN3O3S/c1-13-10-15(14(2)27(13)17-8-9-18(22(29)30)19(24)12-17)11-20-21(28)26-23(31-20)25-16-6-4-3-5-7-16/h3-12H,1-2H3,(H,29,30)(H,25,26,28)/b20-11-. The Morgan fingerprint density at radius 3 is 2.58 bits per heavy atom. The SMILES string of the molecule is Cc1cc(/C=C2\SC(=Nc3ccccc3)NC2=O)c(C)n1-c1ccc(C(=O)O)c(Cl)c1. The van der Waals surface area contributed by atoms with Crippen LogP contribution in [0.25, 0.3) is 11.8 Å². The summed E-state index contributed by atoms with van der Waals surface area (Å²) in [6, 6.07) is 16.2. The molecule has 0 spiro atoms. The number of carbonyl (C=O) groups is 2. The highest BCUT2D eigenvalue weighted by molar-refractivity contribution is 8.18. The number of hydrogen-bond donors (Lipinski definition) is 2. The van der Waals surface area contributed by atoms with Gasteiger partial charge in [-0.2, -0.15) is 0 Å². The summed E-state index contributed by atoms with van der Waals surface area (Å²) < 4.78 is 1.97. The Morgan fingerprint density at radius 1 is 1.16 bits per heavy atom. The van der Waals surface area contributed by atoms with Gasteiger partial charge in [-0.25, -0.2) is 9.79 Å². The van der Waals surface area contributed by atoms with E-state index in [-0.39, 0.29) is 16.5 Å². The van der Waals surface area contributed by atoms with E-state index in [1.54, 1.807) is 12.1 Å². The maximum atomic E-state index is 12.4. The van der Waals surface area contributed by atoms with Gasteiger partial charge in [0.15, 0.2) is 5.17 Å². The zero-order valence-corrected chi connectivity index (χ0v) is 18.3. The van der Waals surface area contributed by atoms with Gasteiger partial charge in [0.1, 0.15) is 0 Å². The fraction of sp³-hybridized carbons (Fsp3) is 0.0870. The average Bonchev–Trinajstić information content (AvgIpc) is 3.20. The summed E-state index contributed by atoms with van der Waals surface area (Å²) in [7, 11) is 0. The molecule has 1 saturated heterocycles. The smallest absolute Gasteiger partial charge is 0.337 e. The van der Waals surface area contributed by atoms with Gasteiger partial charge in [-0.15, -0.1) is 0 Å². The second-order valence-electron chi connectivity index (χ2n) is 6.95. The molecule has 1 aromatic heterocycles. The van der Waals surface area contributed by atoms with Gasteiger partial charge < -0.3 is 15.0 Å². The molecule has 1 fully saturated rings. The minimum atomic E-state index is -1.07. The molecule has 0 atom stereocenters. The van der Waals surface area contributed by atoms with Crippen LogP contribution in [-0.4, -0.2) is 26.7 Å². The number of benzene rings is 2. The van der Waals surface area contributed by atoms with Crippen LogP contribution in [-0.2, 0) is 4.79 Å². The molecule has 2 N–H and O–H groups in total. The largest absolute Gasteiger partial charge is 0.478 e.